The summed E-state index contributed by atoms with van der Waals surface area (Å²) in [5, 5.41) is 10.9. The van der Waals surface area contributed by atoms with E-state index in [1.165, 1.54) is 63.5 Å². The maximum atomic E-state index is 14.1. The summed E-state index contributed by atoms with van der Waals surface area (Å²) in [5.41, 5.74) is -0.844. The van der Waals surface area contributed by atoms with E-state index in [1.54, 1.807) is 0 Å². The molecule has 1 nitrogen and oxygen atoms in total. The van der Waals surface area contributed by atoms with Crippen LogP contribution in [0.3, 0.4) is 0 Å². The topological polar surface area (TPSA) is 20.2 Å². The number of hydrogen-bond donors (Lipinski definition) is 1. The Morgan fingerprint density at radius 2 is 1.62 bits per heavy atom. The van der Waals surface area contributed by atoms with E-state index in [0.29, 0.717) is 18.8 Å². The van der Waals surface area contributed by atoms with E-state index in [4.69, 9.17) is 0 Å². The molecule has 3 rings (SSSR count). The fourth-order valence-corrected chi connectivity index (χ4v) is 5.36. The second-order valence-electron chi connectivity index (χ2n) is 8.77. The monoisotopic (exact) mass is 364 g/mol. The zero-order chi connectivity index (χ0) is 18.6. The van der Waals surface area contributed by atoms with Gasteiger partial charge in [0.15, 0.2) is 0 Å². The van der Waals surface area contributed by atoms with Crippen LogP contribution in [0.15, 0.2) is 18.2 Å². The molecule has 1 N–H and O–H groups in total. The molecule has 0 spiro atoms. The van der Waals surface area contributed by atoms with E-state index in [1.807, 2.05) is 0 Å². The van der Waals surface area contributed by atoms with Crippen molar-refractivity contribution < 1.29 is 13.9 Å². The molecule has 0 aromatic heterocycles. The molecule has 2 aliphatic rings. The minimum atomic E-state index is -1.12. The number of rotatable bonds is 6. The summed E-state index contributed by atoms with van der Waals surface area (Å²) in [6, 6.07) is 3.56. The summed E-state index contributed by atoms with van der Waals surface area (Å²) in [4.78, 5) is 0. The van der Waals surface area contributed by atoms with Gasteiger partial charge in [0.1, 0.15) is 11.6 Å². The number of aliphatic hydroxyl groups is 1. The molecule has 2 aliphatic carbocycles. The summed E-state index contributed by atoms with van der Waals surface area (Å²) in [6.45, 7) is 2.26. The van der Waals surface area contributed by atoms with Gasteiger partial charge in [0, 0.05) is 11.6 Å². The van der Waals surface area contributed by atoms with Crippen molar-refractivity contribution in [2.45, 2.75) is 89.6 Å². The van der Waals surface area contributed by atoms with E-state index in [2.05, 4.69) is 6.92 Å². The van der Waals surface area contributed by atoms with Crippen LogP contribution in [-0.4, -0.2) is 5.11 Å². The zero-order valence-electron chi connectivity index (χ0n) is 16.2. The Morgan fingerprint density at radius 3 is 2.23 bits per heavy atom. The van der Waals surface area contributed by atoms with Crippen LogP contribution in [0.5, 0.6) is 0 Å². The molecule has 3 heteroatoms. The molecule has 146 valence electrons. The van der Waals surface area contributed by atoms with Crippen LogP contribution in [-0.2, 0) is 5.60 Å². The molecule has 0 heterocycles. The summed E-state index contributed by atoms with van der Waals surface area (Å²) in [7, 11) is 0. The minimum Gasteiger partial charge on any atom is -0.385 e. The number of hydrogen-bond acceptors (Lipinski definition) is 1. The van der Waals surface area contributed by atoms with E-state index in [9.17, 15) is 13.9 Å². The van der Waals surface area contributed by atoms with Gasteiger partial charge in [0.2, 0.25) is 0 Å². The van der Waals surface area contributed by atoms with Gasteiger partial charge < -0.3 is 5.11 Å². The predicted molar refractivity (Wildman–Crippen MR) is 102 cm³/mol. The average Bonchev–Trinajstić information content (AvgIpc) is 2.63. The Labute approximate surface area is 157 Å². The first-order valence-corrected chi connectivity index (χ1v) is 10.7. The van der Waals surface area contributed by atoms with Crippen molar-refractivity contribution in [2.24, 2.45) is 17.8 Å². The molecular weight excluding hydrogens is 330 g/mol. The lowest BCUT2D eigenvalue weighted by molar-refractivity contribution is -0.0286. The van der Waals surface area contributed by atoms with Crippen LogP contribution >= 0.6 is 0 Å². The van der Waals surface area contributed by atoms with Gasteiger partial charge in [-0.05, 0) is 62.3 Å². The fourth-order valence-electron chi connectivity index (χ4n) is 5.36. The summed E-state index contributed by atoms with van der Waals surface area (Å²) in [5.74, 6) is 1.17. The summed E-state index contributed by atoms with van der Waals surface area (Å²) < 4.78 is 27.3. The molecule has 1 aromatic carbocycles. The Bertz CT molecular complexity index is 570. The van der Waals surface area contributed by atoms with Crippen LogP contribution in [0.2, 0.25) is 0 Å². The number of halogens is 2. The molecule has 2 fully saturated rings. The van der Waals surface area contributed by atoms with Gasteiger partial charge in [-0.3, -0.25) is 0 Å². The highest BCUT2D eigenvalue weighted by molar-refractivity contribution is 5.25. The van der Waals surface area contributed by atoms with E-state index < -0.39 is 17.2 Å². The van der Waals surface area contributed by atoms with E-state index in [0.717, 1.165) is 30.7 Å². The quantitative estimate of drug-likeness (QED) is 0.555. The molecule has 26 heavy (non-hydrogen) atoms. The highest BCUT2D eigenvalue weighted by atomic mass is 19.1. The molecule has 0 radical (unpaired) electrons. The van der Waals surface area contributed by atoms with Crippen LogP contribution in [0.4, 0.5) is 8.78 Å². The maximum absolute atomic E-state index is 14.1. The van der Waals surface area contributed by atoms with Gasteiger partial charge >= 0.3 is 0 Å². The first kappa shape index (κ1) is 19.8. The van der Waals surface area contributed by atoms with Crippen molar-refractivity contribution in [3.8, 4) is 0 Å². The molecule has 0 atom stereocenters. The third-order valence-corrected chi connectivity index (χ3v) is 7.06. The van der Waals surface area contributed by atoms with Crippen molar-refractivity contribution in [2.75, 3.05) is 0 Å². The standard InChI is InChI=1S/C23H34F2O/c1-2-3-4-5-17-6-8-18(9-7-17)19-12-14-23(26,15-13-19)21-11-10-20(24)16-22(21)25/h10-11,16-19,26H,2-9,12-15H2,1H3. The lowest BCUT2D eigenvalue weighted by atomic mass is 9.66. The lowest BCUT2D eigenvalue weighted by Gasteiger charge is -2.41. The first-order chi connectivity index (χ1) is 12.5. The van der Waals surface area contributed by atoms with Crippen molar-refractivity contribution >= 4 is 0 Å². The third kappa shape index (κ3) is 4.65. The highest BCUT2D eigenvalue weighted by Gasteiger charge is 2.39. The SMILES string of the molecule is CCCCCC1CCC(C2CCC(O)(c3ccc(F)cc3F)CC2)CC1. The highest BCUT2D eigenvalue weighted by Crippen LogP contribution is 2.46. The summed E-state index contributed by atoms with van der Waals surface area (Å²) in [6.07, 6.45) is 13.9. The van der Waals surface area contributed by atoms with Crippen molar-refractivity contribution in [3.05, 3.63) is 35.4 Å². The summed E-state index contributed by atoms with van der Waals surface area (Å²) >= 11 is 0. The number of unbranched alkanes of at least 4 members (excludes halogenated alkanes) is 2. The molecule has 0 aliphatic heterocycles. The van der Waals surface area contributed by atoms with Crippen LogP contribution in [0.25, 0.3) is 0 Å². The molecule has 1 aromatic rings. The fraction of sp³-hybridized carbons (Fsp3) is 0.739. The van der Waals surface area contributed by atoms with Crippen LogP contribution < -0.4 is 0 Å². The Morgan fingerprint density at radius 1 is 0.962 bits per heavy atom. The lowest BCUT2D eigenvalue weighted by Crippen LogP contribution is -2.35. The van der Waals surface area contributed by atoms with Gasteiger partial charge in [0.25, 0.3) is 0 Å². The van der Waals surface area contributed by atoms with Gasteiger partial charge in [-0.15, -0.1) is 0 Å². The van der Waals surface area contributed by atoms with Crippen LogP contribution in [0, 0.1) is 29.4 Å². The second-order valence-corrected chi connectivity index (χ2v) is 8.77. The van der Waals surface area contributed by atoms with Gasteiger partial charge in [-0.1, -0.05) is 51.5 Å². The van der Waals surface area contributed by atoms with Gasteiger partial charge in [-0.2, -0.15) is 0 Å². The predicted octanol–water partition coefficient (Wildman–Crippen LogP) is 6.73. The van der Waals surface area contributed by atoms with Crippen molar-refractivity contribution in [1.29, 1.82) is 0 Å². The van der Waals surface area contributed by atoms with Crippen LogP contribution in [0.1, 0.15) is 89.5 Å². The first-order valence-electron chi connectivity index (χ1n) is 10.7. The third-order valence-electron chi connectivity index (χ3n) is 7.06. The molecule has 0 unspecified atom stereocenters. The second kappa shape index (κ2) is 8.82. The van der Waals surface area contributed by atoms with Crippen molar-refractivity contribution in [1.82, 2.24) is 0 Å². The zero-order valence-corrected chi connectivity index (χ0v) is 16.2. The van der Waals surface area contributed by atoms with Crippen molar-refractivity contribution in [3.63, 3.8) is 0 Å². The van der Waals surface area contributed by atoms with Gasteiger partial charge in [0.05, 0.1) is 5.60 Å². The molecular formula is C23H34F2O. The van der Waals surface area contributed by atoms with E-state index >= 15 is 0 Å². The molecule has 0 bridgehead atoms. The molecule has 2 saturated carbocycles. The van der Waals surface area contributed by atoms with Gasteiger partial charge in [-0.25, -0.2) is 8.78 Å². The normalized spacial score (nSPS) is 32.5. The Balaban J connectivity index is 1.49. The maximum Gasteiger partial charge on any atom is 0.132 e. The average molecular weight is 365 g/mol. The Hall–Kier alpha value is -0.960. The smallest absolute Gasteiger partial charge is 0.132 e. The van der Waals surface area contributed by atoms with E-state index in [-0.39, 0.29) is 5.56 Å². The molecule has 0 saturated heterocycles. The number of benzene rings is 1. The Kier molecular flexibility index (Phi) is 6.71. The molecule has 0 amide bonds. The minimum absolute atomic E-state index is 0.275. The largest absolute Gasteiger partial charge is 0.385 e.